The number of nitrogens with one attached hydrogen (secondary N) is 1. The highest BCUT2D eigenvalue weighted by Gasteiger charge is 2.27. The van der Waals surface area contributed by atoms with Crippen LogP contribution in [0.5, 0.6) is 5.75 Å². The molecule has 2 aromatic heterocycles. The fraction of sp³-hybridized carbons (Fsp3) is 0.360. The maximum absolute atomic E-state index is 12.8. The number of carbonyl (C=O) groups excluding carboxylic acids is 2. The molecule has 8 nitrogen and oxygen atoms in total. The van der Waals surface area contributed by atoms with Crippen LogP contribution in [0.1, 0.15) is 39.2 Å². The third kappa shape index (κ3) is 5.13. The lowest BCUT2D eigenvalue weighted by atomic mass is 10.0. The van der Waals surface area contributed by atoms with E-state index in [1.54, 1.807) is 22.9 Å². The van der Waals surface area contributed by atoms with Crippen LogP contribution in [-0.2, 0) is 35.5 Å². The van der Waals surface area contributed by atoms with E-state index in [-0.39, 0.29) is 24.8 Å². The molecule has 9 heteroatoms. The fourth-order valence-corrected chi connectivity index (χ4v) is 5.41. The second kappa shape index (κ2) is 10.1. The van der Waals surface area contributed by atoms with Crippen molar-refractivity contribution in [3.63, 3.8) is 0 Å². The molecule has 34 heavy (non-hydrogen) atoms. The zero-order chi connectivity index (χ0) is 24.2. The van der Waals surface area contributed by atoms with Crippen molar-refractivity contribution in [1.29, 1.82) is 5.26 Å². The molecule has 3 aromatic rings. The lowest BCUT2D eigenvalue weighted by Crippen LogP contribution is -2.37. The number of hydrogen-bond acceptors (Lipinski definition) is 6. The molecule has 0 unspecified atom stereocenters. The van der Waals surface area contributed by atoms with Crippen LogP contribution in [0, 0.1) is 25.2 Å². The second-order valence-electron chi connectivity index (χ2n) is 8.44. The van der Waals surface area contributed by atoms with E-state index in [1.807, 2.05) is 38.2 Å². The molecule has 1 aliphatic heterocycles. The molecule has 0 saturated heterocycles. The van der Waals surface area contributed by atoms with Gasteiger partial charge in [-0.1, -0.05) is 17.7 Å². The van der Waals surface area contributed by atoms with Gasteiger partial charge in [0.2, 0.25) is 11.8 Å². The average Bonchev–Trinajstić information content (AvgIpc) is 3.38. The van der Waals surface area contributed by atoms with Crippen molar-refractivity contribution in [2.75, 3.05) is 19.0 Å². The third-order valence-electron chi connectivity index (χ3n) is 5.91. The van der Waals surface area contributed by atoms with E-state index < -0.39 is 0 Å². The van der Waals surface area contributed by atoms with Crippen LogP contribution in [0.25, 0.3) is 0 Å². The minimum atomic E-state index is -0.151. The Kier molecular flexibility index (Phi) is 6.98. The molecule has 4 rings (SSSR count). The van der Waals surface area contributed by atoms with Crippen molar-refractivity contribution in [2.45, 2.75) is 46.2 Å². The van der Waals surface area contributed by atoms with Crippen molar-refractivity contribution in [3.05, 3.63) is 63.5 Å². The number of imidazole rings is 1. The first-order chi connectivity index (χ1) is 16.4. The van der Waals surface area contributed by atoms with E-state index in [1.165, 1.54) is 11.3 Å². The molecule has 0 spiro atoms. The van der Waals surface area contributed by atoms with Crippen LogP contribution in [-0.4, -0.2) is 39.9 Å². The number of rotatable bonds is 7. The topological polar surface area (TPSA) is 100 Å². The van der Waals surface area contributed by atoms with E-state index >= 15 is 0 Å². The number of amides is 2. The predicted molar refractivity (Wildman–Crippen MR) is 130 cm³/mol. The predicted octanol–water partition coefficient (Wildman–Crippen LogP) is 3.60. The molecule has 176 valence electrons. The third-order valence-corrected chi connectivity index (χ3v) is 7.04. The molecular formula is C25H27N5O3S. The number of ether oxygens (including phenoxy) is 1. The van der Waals surface area contributed by atoms with E-state index in [9.17, 15) is 14.9 Å². The summed E-state index contributed by atoms with van der Waals surface area (Å²) in [6.45, 7) is 5.11. The number of anilines is 1. The number of thiophene rings is 1. The Morgan fingerprint density at radius 3 is 2.85 bits per heavy atom. The summed E-state index contributed by atoms with van der Waals surface area (Å²) in [5.41, 5.74) is 4.40. The normalized spacial score (nSPS) is 12.7. The molecule has 1 aliphatic rings. The summed E-state index contributed by atoms with van der Waals surface area (Å²) in [6, 6.07) is 8.16. The Labute approximate surface area is 202 Å². The monoisotopic (exact) mass is 477 g/mol. The van der Waals surface area contributed by atoms with Crippen LogP contribution in [0.4, 0.5) is 5.00 Å². The summed E-state index contributed by atoms with van der Waals surface area (Å²) in [5.74, 6) is 0.619. The highest BCUT2D eigenvalue weighted by Crippen LogP contribution is 2.37. The molecule has 0 bridgehead atoms. The molecule has 0 radical (unpaired) electrons. The highest BCUT2D eigenvalue weighted by molar-refractivity contribution is 7.16. The lowest BCUT2D eigenvalue weighted by molar-refractivity contribution is -0.132. The number of benzene rings is 1. The number of nitrogens with zero attached hydrogens (tertiary/aromatic N) is 4. The van der Waals surface area contributed by atoms with Gasteiger partial charge < -0.3 is 19.5 Å². The molecule has 0 fully saturated rings. The number of nitriles is 1. The summed E-state index contributed by atoms with van der Waals surface area (Å²) >= 11 is 1.39. The van der Waals surface area contributed by atoms with Gasteiger partial charge in [-0.05, 0) is 43.9 Å². The van der Waals surface area contributed by atoms with Crippen LogP contribution in [0.2, 0.25) is 0 Å². The maximum Gasteiger partial charge on any atom is 0.242 e. The number of hydrogen-bond donors (Lipinski definition) is 1. The number of carbonyl (C=O) groups is 2. The summed E-state index contributed by atoms with van der Waals surface area (Å²) < 4.78 is 7.18. The Hall–Kier alpha value is -3.64. The van der Waals surface area contributed by atoms with Gasteiger partial charge in [-0.3, -0.25) is 9.59 Å². The van der Waals surface area contributed by atoms with Gasteiger partial charge in [0, 0.05) is 24.0 Å². The zero-order valence-corrected chi connectivity index (χ0v) is 20.4. The van der Waals surface area contributed by atoms with Crippen LogP contribution < -0.4 is 10.1 Å². The van der Waals surface area contributed by atoms with Crippen molar-refractivity contribution in [1.82, 2.24) is 14.5 Å². The van der Waals surface area contributed by atoms with Gasteiger partial charge in [0.05, 0.1) is 31.2 Å². The molecule has 0 atom stereocenters. The van der Waals surface area contributed by atoms with Crippen LogP contribution in [0.3, 0.4) is 0 Å². The molecular weight excluding hydrogens is 450 g/mol. The lowest BCUT2D eigenvalue weighted by Gasteiger charge is -2.27. The molecule has 3 heterocycles. The van der Waals surface area contributed by atoms with Crippen molar-refractivity contribution < 1.29 is 14.3 Å². The summed E-state index contributed by atoms with van der Waals surface area (Å²) in [7, 11) is 1.62. The van der Waals surface area contributed by atoms with Crippen molar-refractivity contribution in [2.24, 2.45) is 0 Å². The smallest absolute Gasteiger partial charge is 0.242 e. The van der Waals surface area contributed by atoms with Gasteiger partial charge >= 0.3 is 0 Å². The maximum atomic E-state index is 12.8. The zero-order valence-electron chi connectivity index (χ0n) is 19.6. The van der Waals surface area contributed by atoms with E-state index in [0.29, 0.717) is 36.5 Å². The number of aromatic nitrogens is 2. The Morgan fingerprint density at radius 2 is 2.15 bits per heavy atom. The standard InChI is InChI=1S/C25H27N5O3S/c1-16-4-6-21(33-3)18(10-16)5-7-23(31)28-25-20(11-26)19-8-9-30(13-22(19)34-25)24(32)14-29-12-17(2)27-15-29/h4,6,10,12,15H,5,7-9,13-14H2,1-3H3,(H,28,31). The van der Waals surface area contributed by atoms with Gasteiger partial charge in [-0.15, -0.1) is 11.3 Å². The quantitative estimate of drug-likeness (QED) is 0.560. The Balaban J connectivity index is 1.41. The summed E-state index contributed by atoms with van der Waals surface area (Å²) in [4.78, 5) is 32.4. The number of aryl methyl sites for hydroxylation is 3. The van der Waals surface area contributed by atoms with E-state index in [0.717, 1.165) is 33.0 Å². The second-order valence-corrected chi connectivity index (χ2v) is 9.54. The van der Waals surface area contributed by atoms with Gasteiger partial charge in [0.25, 0.3) is 0 Å². The van der Waals surface area contributed by atoms with Crippen molar-refractivity contribution in [3.8, 4) is 11.8 Å². The molecule has 1 N–H and O–H groups in total. The van der Waals surface area contributed by atoms with E-state index in [4.69, 9.17) is 4.74 Å². The average molecular weight is 478 g/mol. The molecule has 2 amide bonds. The van der Waals surface area contributed by atoms with Gasteiger partial charge in [0.15, 0.2) is 0 Å². The van der Waals surface area contributed by atoms with Gasteiger partial charge in [0.1, 0.15) is 23.4 Å². The number of methoxy groups -OCH3 is 1. The minimum absolute atomic E-state index is 0.00708. The minimum Gasteiger partial charge on any atom is -0.496 e. The van der Waals surface area contributed by atoms with Crippen molar-refractivity contribution >= 4 is 28.2 Å². The summed E-state index contributed by atoms with van der Waals surface area (Å²) in [6.07, 6.45) is 4.91. The van der Waals surface area contributed by atoms with Gasteiger partial charge in [-0.25, -0.2) is 4.98 Å². The first kappa shape index (κ1) is 23.5. The SMILES string of the molecule is COc1ccc(C)cc1CCC(=O)Nc1sc2c(c1C#N)CCN(C(=O)Cn1cnc(C)c1)C2. The highest BCUT2D eigenvalue weighted by atomic mass is 32.1. The molecule has 0 aliphatic carbocycles. The van der Waals surface area contributed by atoms with Crippen LogP contribution >= 0.6 is 11.3 Å². The number of fused-ring (bicyclic) bond motifs is 1. The first-order valence-electron chi connectivity index (χ1n) is 11.1. The van der Waals surface area contributed by atoms with E-state index in [2.05, 4.69) is 16.4 Å². The largest absolute Gasteiger partial charge is 0.496 e. The molecule has 0 saturated carbocycles. The van der Waals surface area contributed by atoms with Crippen LogP contribution in [0.15, 0.2) is 30.7 Å². The van der Waals surface area contributed by atoms with Gasteiger partial charge in [-0.2, -0.15) is 5.26 Å². The first-order valence-corrected chi connectivity index (χ1v) is 11.9. The Morgan fingerprint density at radius 1 is 1.32 bits per heavy atom. The summed E-state index contributed by atoms with van der Waals surface area (Å²) in [5, 5.41) is 13.2. The molecule has 1 aromatic carbocycles. The Bertz CT molecular complexity index is 1270. The fourth-order valence-electron chi connectivity index (χ4n) is 4.18.